The molecule has 4 nitrogen and oxygen atoms in total. The van der Waals surface area contributed by atoms with Gasteiger partial charge in [-0.15, -0.1) is 0 Å². The van der Waals surface area contributed by atoms with Gasteiger partial charge in [-0.3, -0.25) is 9.79 Å². The zero-order valence-electron chi connectivity index (χ0n) is 8.94. The molecule has 0 aromatic carbocycles. The van der Waals surface area contributed by atoms with E-state index in [9.17, 15) is 18.0 Å². The highest BCUT2D eigenvalue weighted by Gasteiger charge is 2.38. The standard InChI is InChI=1S/C9H7NO.C2HF3O2/c11-9-2-1-7-3-4-10-6-8(7)5-9;3-2(4,5)1(6)7/h1-5H,6H2;(H,6,7). The number of carbonyl (C=O) groups is 2. The molecule has 1 N–H and O–H groups in total. The molecule has 2 aliphatic rings. The Bertz CT molecular complexity index is 484. The van der Waals surface area contributed by atoms with Crippen LogP contribution in [0.2, 0.25) is 0 Å². The Morgan fingerprint density at radius 3 is 2.50 bits per heavy atom. The van der Waals surface area contributed by atoms with Crippen molar-refractivity contribution in [3.8, 4) is 0 Å². The third-order valence-corrected chi connectivity index (χ3v) is 1.98. The van der Waals surface area contributed by atoms with E-state index in [1.165, 1.54) is 0 Å². The average Bonchev–Trinajstić information content (AvgIpc) is 2.28. The number of halogens is 3. The van der Waals surface area contributed by atoms with Crippen molar-refractivity contribution in [1.82, 2.24) is 0 Å². The van der Waals surface area contributed by atoms with Crippen molar-refractivity contribution in [2.75, 3.05) is 6.54 Å². The number of hydrogen-bond donors (Lipinski definition) is 1. The van der Waals surface area contributed by atoms with Gasteiger partial charge in [0.1, 0.15) is 0 Å². The van der Waals surface area contributed by atoms with Crippen molar-refractivity contribution in [2.24, 2.45) is 4.99 Å². The highest BCUT2D eigenvalue weighted by Crippen LogP contribution is 2.18. The minimum Gasteiger partial charge on any atom is -0.475 e. The van der Waals surface area contributed by atoms with E-state index >= 15 is 0 Å². The lowest BCUT2D eigenvalue weighted by molar-refractivity contribution is -0.192. The Hall–Kier alpha value is -2.18. The van der Waals surface area contributed by atoms with E-state index < -0.39 is 12.1 Å². The van der Waals surface area contributed by atoms with Gasteiger partial charge in [-0.2, -0.15) is 13.2 Å². The molecule has 18 heavy (non-hydrogen) atoms. The summed E-state index contributed by atoms with van der Waals surface area (Å²) in [5.74, 6) is -2.69. The molecule has 96 valence electrons. The maximum Gasteiger partial charge on any atom is 0.490 e. The van der Waals surface area contributed by atoms with Crippen LogP contribution in [0.3, 0.4) is 0 Å². The lowest BCUT2D eigenvalue weighted by Crippen LogP contribution is -2.21. The van der Waals surface area contributed by atoms with Crippen LogP contribution in [-0.2, 0) is 9.59 Å². The molecule has 0 radical (unpaired) electrons. The first-order valence-electron chi connectivity index (χ1n) is 4.74. The van der Waals surface area contributed by atoms with Crippen LogP contribution in [-0.4, -0.2) is 35.8 Å². The lowest BCUT2D eigenvalue weighted by atomic mass is 9.98. The highest BCUT2D eigenvalue weighted by atomic mass is 19.4. The fourth-order valence-corrected chi connectivity index (χ4v) is 1.17. The summed E-state index contributed by atoms with van der Waals surface area (Å²) in [4.78, 5) is 23.8. The number of fused-ring (bicyclic) bond motifs is 1. The number of hydrogen-bond acceptors (Lipinski definition) is 3. The second kappa shape index (κ2) is 5.44. The minimum absolute atomic E-state index is 0.0641. The Morgan fingerprint density at radius 1 is 1.33 bits per heavy atom. The molecule has 0 atom stereocenters. The topological polar surface area (TPSA) is 66.7 Å². The Kier molecular flexibility index (Phi) is 4.19. The largest absolute Gasteiger partial charge is 0.490 e. The molecule has 1 aliphatic carbocycles. The van der Waals surface area contributed by atoms with Gasteiger partial charge in [0.25, 0.3) is 0 Å². The number of aliphatic carboxylic acids is 1. The lowest BCUT2D eigenvalue weighted by Gasteiger charge is -2.11. The Labute approximate surface area is 99.8 Å². The van der Waals surface area contributed by atoms with E-state index in [0.717, 1.165) is 11.1 Å². The van der Waals surface area contributed by atoms with Crippen LogP contribution in [0, 0.1) is 0 Å². The van der Waals surface area contributed by atoms with Gasteiger partial charge in [-0.05, 0) is 29.4 Å². The molecule has 0 aromatic rings. The zero-order chi connectivity index (χ0) is 13.8. The molecule has 0 bridgehead atoms. The van der Waals surface area contributed by atoms with Crippen LogP contribution >= 0.6 is 0 Å². The molecule has 7 heteroatoms. The van der Waals surface area contributed by atoms with Crippen LogP contribution in [0.1, 0.15) is 0 Å². The van der Waals surface area contributed by atoms with Gasteiger partial charge >= 0.3 is 12.1 Å². The van der Waals surface area contributed by atoms with Gasteiger partial charge in [0.2, 0.25) is 0 Å². The van der Waals surface area contributed by atoms with E-state index in [-0.39, 0.29) is 5.78 Å². The van der Waals surface area contributed by atoms with Crippen molar-refractivity contribution in [3.63, 3.8) is 0 Å². The SMILES string of the molecule is O=C(O)C(F)(F)F.O=C1C=CC2=CC=NCC2=C1. The number of dihydropyridines is 1. The van der Waals surface area contributed by atoms with E-state index in [4.69, 9.17) is 9.90 Å². The molecule has 0 unspecified atom stereocenters. The Morgan fingerprint density at radius 2 is 1.94 bits per heavy atom. The van der Waals surface area contributed by atoms with Crippen LogP contribution in [0.15, 0.2) is 40.4 Å². The van der Waals surface area contributed by atoms with Gasteiger partial charge in [0.15, 0.2) is 5.78 Å². The van der Waals surface area contributed by atoms with Gasteiger partial charge < -0.3 is 5.11 Å². The number of aliphatic imine (C=N–C) groups is 1. The van der Waals surface area contributed by atoms with E-state index in [1.54, 1.807) is 18.4 Å². The first-order valence-corrected chi connectivity index (χ1v) is 4.74. The molecule has 1 aliphatic heterocycles. The van der Waals surface area contributed by atoms with Crippen molar-refractivity contribution >= 4 is 18.0 Å². The third-order valence-electron chi connectivity index (χ3n) is 1.98. The maximum absolute atomic E-state index is 10.9. The first-order chi connectivity index (χ1) is 8.30. The fraction of sp³-hybridized carbons (Fsp3) is 0.182. The summed E-state index contributed by atoms with van der Waals surface area (Å²) >= 11 is 0. The van der Waals surface area contributed by atoms with Gasteiger partial charge in [0, 0.05) is 6.21 Å². The van der Waals surface area contributed by atoms with E-state index in [1.807, 2.05) is 12.2 Å². The number of carboxylic acid groups (broad SMARTS) is 1. The van der Waals surface area contributed by atoms with Crippen molar-refractivity contribution in [1.29, 1.82) is 0 Å². The highest BCUT2D eigenvalue weighted by molar-refractivity contribution is 6.03. The number of rotatable bonds is 0. The monoisotopic (exact) mass is 259 g/mol. The van der Waals surface area contributed by atoms with Gasteiger partial charge in [-0.1, -0.05) is 6.08 Å². The van der Waals surface area contributed by atoms with Crippen molar-refractivity contribution < 1.29 is 27.9 Å². The summed E-state index contributed by atoms with van der Waals surface area (Å²) in [6.07, 6.45) is 3.66. The Balaban J connectivity index is 0.000000203. The van der Waals surface area contributed by atoms with Crippen molar-refractivity contribution in [3.05, 3.63) is 35.5 Å². The summed E-state index contributed by atoms with van der Waals surface area (Å²) in [5.41, 5.74) is 2.14. The molecule has 0 spiro atoms. The average molecular weight is 259 g/mol. The maximum atomic E-state index is 10.9. The number of alkyl halides is 3. The zero-order valence-corrected chi connectivity index (χ0v) is 8.94. The minimum atomic E-state index is -5.08. The van der Waals surface area contributed by atoms with Crippen molar-refractivity contribution in [2.45, 2.75) is 6.18 Å². The molecule has 0 saturated carbocycles. The molecule has 0 amide bonds. The summed E-state index contributed by atoms with van der Waals surface area (Å²) in [7, 11) is 0. The normalized spacial score (nSPS) is 17.2. The van der Waals surface area contributed by atoms with Gasteiger partial charge in [-0.25, -0.2) is 4.79 Å². The molecule has 0 saturated heterocycles. The summed E-state index contributed by atoms with van der Waals surface area (Å²) in [6, 6.07) is 0. The summed E-state index contributed by atoms with van der Waals surface area (Å²) < 4.78 is 31.7. The van der Waals surface area contributed by atoms with Crippen LogP contribution in [0.4, 0.5) is 13.2 Å². The fourth-order valence-electron chi connectivity index (χ4n) is 1.17. The molecule has 0 fully saturated rings. The number of nitrogens with zero attached hydrogens (tertiary/aromatic N) is 1. The van der Waals surface area contributed by atoms with Crippen LogP contribution in [0.5, 0.6) is 0 Å². The second-order valence-electron chi connectivity index (χ2n) is 3.32. The number of carbonyl (C=O) groups excluding carboxylic acids is 1. The first kappa shape index (κ1) is 13.9. The van der Waals surface area contributed by atoms with E-state index in [0.29, 0.717) is 6.54 Å². The quantitative estimate of drug-likeness (QED) is 0.720. The predicted octanol–water partition coefficient (Wildman–Crippen LogP) is 1.70. The summed E-state index contributed by atoms with van der Waals surface area (Å²) in [6.45, 7) is 0.641. The molecule has 2 rings (SSSR count). The molecular weight excluding hydrogens is 251 g/mol. The van der Waals surface area contributed by atoms with Gasteiger partial charge in [0.05, 0.1) is 6.54 Å². The molecule has 1 heterocycles. The molecule has 0 aromatic heterocycles. The number of allylic oxidation sites excluding steroid dienone is 4. The number of carboxylic acids is 1. The van der Waals surface area contributed by atoms with Crippen LogP contribution < -0.4 is 0 Å². The van der Waals surface area contributed by atoms with Crippen LogP contribution in [0.25, 0.3) is 0 Å². The summed E-state index contributed by atoms with van der Waals surface area (Å²) in [5, 5.41) is 7.12. The predicted molar refractivity (Wildman–Crippen MR) is 57.4 cm³/mol. The smallest absolute Gasteiger partial charge is 0.475 e. The number of ketones is 1. The second-order valence-corrected chi connectivity index (χ2v) is 3.32. The third kappa shape index (κ3) is 4.00. The van der Waals surface area contributed by atoms with E-state index in [2.05, 4.69) is 4.99 Å². The molecular formula is C11H8F3NO3.